The Morgan fingerprint density at radius 1 is 1.00 bits per heavy atom. The second-order valence-electron chi connectivity index (χ2n) is 5.24. The van der Waals surface area contributed by atoms with E-state index >= 15 is 0 Å². The molecule has 0 bridgehead atoms. The SMILES string of the molecule is CC(NC(=O)C(=O)NCCc1ccc(F)cc1)c1ccccc1. The van der Waals surface area contributed by atoms with Crippen LogP contribution < -0.4 is 10.6 Å². The molecule has 2 aromatic carbocycles. The fourth-order valence-electron chi connectivity index (χ4n) is 2.14. The van der Waals surface area contributed by atoms with E-state index in [1.165, 1.54) is 12.1 Å². The van der Waals surface area contributed by atoms with Crippen molar-refractivity contribution in [2.75, 3.05) is 6.54 Å². The normalized spacial score (nSPS) is 11.6. The van der Waals surface area contributed by atoms with Crippen molar-refractivity contribution in [3.05, 3.63) is 71.5 Å². The highest BCUT2D eigenvalue weighted by Gasteiger charge is 2.16. The summed E-state index contributed by atoms with van der Waals surface area (Å²) in [5.74, 6) is -1.64. The number of benzene rings is 2. The van der Waals surface area contributed by atoms with E-state index in [1.54, 1.807) is 12.1 Å². The molecule has 2 N–H and O–H groups in total. The van der Waals surface area contributed by atoms with E-state index in [4.69, 9.17) is 0 Å². The number of amides is 2. The molecule has 5 heteroatoms. The summed E-state index contributed by atoms with van der Waals surface area (Å²) in [6, 6.07) is 15.2. The van der Waals surface area contributed by atoms with Gasteiger partial charge in [-0.15, -0.1) is 0 Å². The number of hydrogen-bond acceptors (Lipinski definition) is 2. The van der Waals surface area contributed by atoms with Gasteiger partial charge in [-0.25, -0.2) is 4.39 Å². The van der Waals surface area contributed by atoms with Crippen molar-refractivity contribution in [1.82, 2.24) is 10.6 Å². The van der Waals surface area contributed by atoms with E-state index in [2.05, 4.69) is 10.6 Å². The van der Waals surface area contributed by atoms with Gasteiger partial charge in [0, 0.05) is 6.54 Å². The lowest BCUT2D eigenvalue weighted by molar-refractivity contribution is -0.139. The fourth-order valence-corrected chi connectivity index (χ4v) is 2.14. The number of nitrogens with one attached hydrogen (secondary N) is 2. The molecule has 23 heavy (non-hydrogen) atoms. The Morgan fingerprint density at radius 3 is 2.30 bits per heavy atom. The van der Waals surface area contributed by atoms with Crippen molar-refractivity contribution in [1.29, 1.82) is 0 Å². The van der Waals surface area contributed by atoms with Crippen molar-refractivity contribution < 1.29 is 14.0 Å². The van der Waals surface area contributed by atoms with Crippen LogP contribution in [0, 0.1) is 5.82 Å². The van der Waals surface area contributed by atoms with E-state index < -0.39 is 11.8 Å². The number of halogens is 1. The van der Waals surface area contributed by atoms with Crippen LogP contribution in [0.1, 0.15) is 24.1 Å². The molecule has 120 valence electrons. The summed E-state index contributed by atoms with van der Waals surface area (Å²) in [6.07, 6.45) is 0.535. The molecular weight excluding hydrogens is 295 g/mol. The van der Waals surface area contributed by atoms with Crippen LogP contribution in [0.3, 0.4) is 0 Å². The predicted molar refractivity (Wildman–Crippen MR) is 86.1 cm³/mol. The molecule has 0 aromatic heterocycles. The highest BCUT2D eigenvalue weighted by Crippen LogP contribution is 2.10. The molecule has 0 aliphatic heterocycles. The Labute approximate surface area is 134 Å². The van der Waals surface area contributed by atoms with Gasteiger partial charge in [-0.2, -0.15) is 0 Å². The molecular formula is C18H19FN2O2. The topological polar surface area (TPSA) is 58.2 Å². The average molecular weight is 314 g/mol. The molecule has 2 amide bonds. The van der Waals surface area contributed by atoms with Crippen LogP contribution in [0.2, 0.25) is 0 Å². The monoisotopic (exact) mass is 314 g/mol. The third-order valence-electron chi connectivity index (χ3n) is 3.47. The molecule has 0 aliphatic carbocycles. The summed E-state index contributed by atoms with van der Waals surface area (Å²) >= 11 is 0. The van der Waals surface area contributed by atoms with Gasteiger partial charge in [0.2, 0.25) is 0 Å². The lowest BCUT2D eigenvalue weighted by Gasteiger charge is -2.14. The molecule has 0 saturated carbocycles. The van der Waals surface area contributed by atoms with Crippen LogP contribution in [0.25, 0.3) is 0 Å². The molecule has 0 fully saturated rings. The first-order chi connectivity index (χ1) is 11.1. The van der Waals surface area contributed by atoms with Crippen LogP contribution in [0.15, 0.2) is 54.6 Å². The minimum Gasteiger partial charge on any atom is -0.348 e. The summed E-state index contributed by atoms with van der Waals surface area (Å²) in [4.78, 5) is 23.6. The van der Waals surface area contributed by atoms with Crippen molar-refractivity contribution in [2.45, 2.75) is 19.4 Å². The van der Waals surface area contributed by atoms with Gasteiger partial charge in [0.25, 0.3) is 0 Å². The van der Waals surface area contributed by atoms with Gasteiger partial charge in [-0.3, -0.25) is 9.59 Å². The molecule has 0 radical (unpaired) electrons. The number of hydrogen-bond donors (Lipinski definition) is 2. The van der Waals surface area contributed by atoms with Gasteiger partial charge in [0.05, 0.1) is 6.04 Å². The van der Waals surface area contributed by atoms with E-state index in [9.17, 15) is 14.0 Å². The minimum atomic E-state index is -0.671. The van der Waals surface area contributed by atoms with Gasteiger partial charge in [0.1, 0.15) is 5.82 Å². The number of carbonyl (C=O) groups is 2. The Hall–Kier alpha value is -2.69. The summed E-state index contributed by atoms with van der Waals surface area (Å²) in [7, 11) is 0. The van der Waals surface area contributed by atoms with E-state index in [0.717, 1.165) is 11.1 Å². The van der Waals surface area contributed by atoms with Gasteiger partial charge in [0.15, 0.2) is 0 Å². The van der Waals surface area contributed by atoms with Gasteiger partial charge >= 0.3 is 11.8 Å². The summed E-state index contributed by atoms with van der Waals surface area (Å²) in [6.45, 7) is 2.14. The van der Waals surface area contributed by atoms with E-state index in [0.29, 0.717) is 13.0 Å². The summed E-state index contributed by atoms with van der Waals surface area (Å²) < 4.78 is 12.8. The van der Waals surface area contributed by atoms with Crippen LogP contribution in [-0.4, -0.2) is 18.4 Å². The largest absolute Gasteiger partial charge is 0.348 e. The molecule has 0 aliphatic rings. The minimum absolute atomic E-state index is 0.244. The van der Waals surface area contributed by atoms with E-state index in [-0.39, 0.29) is 11.9 Å². The zero-order valence-electron chi connectivity index (χ0n) is 12.9. The third kappa shape index (κ3) is 5.21. The van der Waals surface area contributed by atoms with Crippen LogP contribution in [-0.2, 0) is 16.0 Å². The maximum absolute atomic E-state index is 12.8. The van der Waals surface area contributed by atoms with Crippen molar-refractivity contribution in [2.24, 2.45) is 0 Å². The summed E-state index contributed by atoms with van der Waals surface area (Å²) in [5.41, 5.74) is 1.82. The maximum atomic E-state index is 12.8. The van der Waals surface area contributed by atoms with Crippen molar-refractivity contribution >= 4 is 11.8 Å². The highest BCUT2D eigenvalue weighted by molar-refractivity contribution is 6.35. The zero-order valence-corrected chi connectivity index (χ0v) is 12.9. The molecule has 4 nitrogen and oxygen atoms in total. The Bertz CT molecular complexity index is 656. The van der Waals surface area contributed by atoms with Gasteiger partial charge < -0.3 is 10.6 Å². The maximum Gasteiger partial charge on any atom is 0.309 e. The molecule has 0 saturated heterocycles. The first-order valence-corrected chi connectivity index (χ1v) is 7.44. The average Bonchev–Trinajstić information content (AvgIpc) is 2.57. The number of carbonyl (C=O) groups excluding carboxylic acids is 2. The molecule has 0 heterocycles. The van der Waals surface area contributed by atoms with Crippen molar-refractivity contribution in [3.8, 4) is 0 Å². The molecule has 2 rings (SSSR count). The van der Waals surface area contributed by atoms with Crippen LogP contribution >= 0.6 is 0 Å². The summed E-state index contributed by atoms with van der Waals surface area (Å²) in [5, 5.41) is 5.21. The Kier molecular flexibility index (Phi) is 5.86. The van der Waals surface area contributed by atoms with Gasteiger partial charge in [-0.1, -0.05) is 42.5 Å². The first kappa shape index (κ1) is 16.7. The lowest BCUT2D eigenvalue weighted by atomic mass is 10.1. The predicted octanol–water partition coefficient (Wildman–Crippen LogP) is 2.36. The van der Waals surface area contributed by atoms with Crippen LogP contribution in [0.4, 0.5) is 4.39 Å². The standard InChI is InChI=1S/C18H19FN2O2/c1-13(15-5-3-2-4-6-15)21-18(23)17(22)20-12-11-14-7-9-16(19)10-8-14/h2-10,13H,11-12H2,1H3,(H,20,22)(H,21,23). The molecule has 2 aromatic rings. The lowest BCUT2D eigenvalue weighted by Crippen LogP contribution is -2.41. The fraction of sp³-hybridized carbons (Fsp3) is 0.222. The Balaban J connectivity index is 1.76. The first-order valence-electron chi connectivity index (χ1n) is 7.44. The second kappa shape index (κ2) is 8.08. The smallest absolute Gasteiger partial charge is 0.309 e. The zero-order chi connectivity index (χ0) is 16.7. The highest BCUT2D eigenvalue weighted by atomic mass is 19.1. The quantitative estimate of drug-likeness (QED) is 0.832. The Morgan fingerprint density at radius 2 is 1.65 bits per heavy atom. The molecule has 1 unspecified atom stereocenters. The van der Waals surface area contributed by atoms with E-state index in [1.807, 2.05) is 37.3 Å². The second-order valence-corrected chi connectivity index (χ2v) is 5.24. The molecule has 0 spiro atoms. The van der Waals surface area contributed by atoms with Crippen molar-refractivity contribution in [3.63, 3.8) is 0 Å². The third-order valence-corrected chi connectivity index (χ3v) is 3.47. The molecule has 1 atom stereocenters. The van der Waals surface area contributed by atoms with Gasteiger partial charge in [-0.05, 0) is 36.6 Å². The van der Waals surface area contributed by atoms with Crippen LogP contribution in [0.5, 0.6) is 0 Å². The number of rotatable bonds is 5.